The first-order valence-electron chi connectivity index (χ1n) is 7.77. The van der Waals surface area contributed by atoms with Gasteiger partial charge < -0.3 is 5.32 Å². The summed E-state index contributed by atoms with van der Waals surface area (Å²) in [6.45, 7) is 6.54. The van der Waals surface area contributed by atoms with Gasteiger partial charge in [0.1, 0.15) is 0 Å². The lowest BCUT2D eigenvalue weighted by atomic mass is 9.76. The number of pyridine rings is 1. The molecule has 1 aromatic heterocycles. The van der Waals surface area contributed by atoms with Crippen molar-refractivity contribution in [3.05, 3.63) is 29.1 Å². The van der Waals surface area contributed by atoms with E-state index >= 15 is 0 Å². The molecular weight excluding hydrogens is 232 g/mol. The SMILES string of the molecule is CCC1CCC(C(NC)c2ccc(C)nc2C)CC1. The predicted octanol–water partition coefficient (Wildman–Crippen LogP) is 4.18. The first kappa shape index (κ1) is 14.5. The summed E-state index contributed by atoms with van der Waals surface area (Å²) in [4.78, 5) is 4.63. The van der Waals surface area contributed by atoms with Crippen molar-refractivity contribution in [1.82, 2.24) is 10.3 Å². The van der Waals surface area contributed by atoms with E-state index in [1.165, 1.54) is 43.4 Å². The van der Waals surface area contributed by atoms with E-state index in [0.717, 1.165) is 17.5 Å². The molecule has 2 rings (SSSR count). The van der Waals surface area contributed by atoms with E-state index in [0.29, 0.717) is 6.04 Å². The molecule has 1 heterocycles. The summed E-state index contributed by atoms with van der Waals surface area (Å²) in [6.07, 6.45) is 6.87. The molecule has 1 atom stereocenters. The fourth-order valence-corrected chi connectivity index (χ4v) is 3.60. The number of aryl methyl sites for hydroxylation is 2. The number of nitrogens with one attached hydrogen (secondary N) is 1. The summed E-state index contributed by atoms with van der Waals surface area (Å²) in [5.74, 6) is 1.74. The summed E-state index contributed by atoms with van der Waals surface area (Å²) in [6, 6.07) is 4.89. The Bertz CT molecular complexity index is 406. The van der Waals surface area contributed by atoms with Crippen molar-refractivity contribution in [2.75, 3.05) is 7.05 Å². The third kappa shape index (κ3) is 3.36. The molecule has 0 spiro atoms. The minimum Gasteiger partial charge on any atom is -0.313 e. The Hall–Kier alpha value is -0.890. The van der Waals surface area contributed by atoms with Crippen molar-refractivity contribution in [3.63, 3.8) is 0 Å². The lowest BCUT2D eigenvalue weighted by molar-refractivity contribution is 0.223. The number of hydrogen-bond acceptors (Lipinski definition) is 2. The molecule has 19 heavy (non-hydrogen) atoms. The lowest BCUT2D eigenvalue weighted by Gasteiger charge is -2.34. The van der Waals surface area contributed by atoms with E-state index in [4.69, 9.17) is 0 Å². The molecule has 0 bridgehead atoms. The van der Waals surface area contributed by atoms with Crippen LogP contribution in [0.25, 0.3) is 0 Å². The van der Waals surface area contributed by atoms with E-state index in [1.54, 1.807) is 0 Å². The number of hydrogen-bond donors (Lipinski definition) is 1. The van der Waals surface area contributed by atoms with Gasteiger partial charge in [-0.1, -0.05) is 32.3 Å². The van der Waals surface area contributed by atoms with Gasteiger partial charge in [0.05, 0.1) is 0 Å². The molecule has 2 nitrogen and oxygen atoms in total. The van der Waals surface area contributed by atoms with Crippen molar-refractivity contribution >= 4 is 0 Å². The van der Waals surface area contributed by atoms with Gasteiger partial charge in [0, 0.05) is 17.4 Å². The van der Waals surface area contributed by atoms with Crippen LogP contribution in [0.15, 0.2) is 12.1 Å². The Morgan fingerprint density at radius 1 is 1.21 bits per heavy atom. The Morgan fingerprint density at radius 3 is 2.42 bits per heavy atom. The van der Waals surface area contributed by atoms with Crippen LogP contribution in [-0.4, -0.2) is 12.0 Å². The van der Waals surface area contributed by atoms with E-state index in [9.17, 15) is 0 Å². The van der Waals surface area contributed by atoms with Crippen molar-refractivity contribution in [2.45, 2.75) is 58.9 Å². The predicted molar refractivity (Wildman–Crippen MR) is 81.3 cm³/mol. The van der Waals surface area contributed by atoms with E-state index < -0.39 is 0 Å². The molecule has 0 saturated heterocycles. The van der Waals surface area contributed by atoms with E-state index in [1.807, 2.05) is 0 Å². The molecule has 0 aromatic carbocycles. The second-order valence-corrected chi connectivity index (χ2v) is 6.08. The van der Waals surface area contributed by atoms with Gasteiger partial charge in [0.15, 0.2) is 0 Å². The number of aromatic nitrogens is 1. The topological polar surface area (TPSA) is 24.9 Å². The summed E-state index contributed by atoms with van der Waals surface area (Å²) < 4.78 is 0. The quantitative estimate of drug-likeness (QED) is 0.878. The lowest BCUT2D eigenvalue weighted by Crippen LogP contribution is -2.29. The smallest absolute Gasteiger partial charge is 0.0423 e. The third-order valence-corrected chi connectivity index (χ3v) is 4.85. The minimum absolute atomic E-state index is 0.478. The number of rotatable bonds is 4. The van der Waals surface area contributed by atoms with Gasteiger partial charge in [-0.05, 0) is 57.2 Å². The van der Waals surface area contributed by atoms with Crippen LogP contribution in [0.1, 0.15) is 62.0 Å². The molecular formula is C17H28N2. The molecule has 0 radical (unpaired) electrons. The molecule has 1 aromatic rings. The zero-order chi connectivity index (χ0) is 13.8. The standard InChI is InChI=1S/C17H28N2/c1-5-14-7-9-15(10-8-14)17(18-4)16-11-6-12(2)19-13(16)3/h6,11,14-15,17-18H,5,7-10H2,1-4H3. The van der Waals surface area contributed by atoms with E-state index in [-0.39, 0.29) is 0 Å². The molecule has 0 amide bonds. The molecule has 106 valence electrons. The fourth-order valence-electron chi connectivity index (χ4n) is 3.60. The molecule has 1 aliphatic rings. The average Bonchev–Trinajstić information content (AvgIpc) is 2.42. The van der Waals surface area contributed by atoms with Crippen LogP contribution in [0.4, 0.5) is 0 Å². The van der Waals surface area contributed by atoms with Gasteiger partial charge in [0.2, 0.25) is 0 Å². The summed E-state index contributed by atoms with van der Waals surface area (Å²) in [5, 5.41) is 3.54. The Morgan fingerprint density at radius 2 is 1.89 bits per heavy atom. The summed E-state index contributed by atoms with van der Waals surface area (Å²) in [5.41, 5.74) is 3.70. The first-order chi connectivity index (χ1) is 9.15. The molecule has 2 heteroatoms. The normalized spacial score (nSPS) is 25.3. The first-order valence-corrected chi connectivity index (χ1v) is 7.77. The monoisotopic (exact) mass is 260 g/mol. The Balaban J connectivity index is 2.12. The zero-order valence-corrected chi connectivity index (χ0v) is 12.9. The maximum Gasteiger partial charge on any atom is 0.0423 e. The second kappa shape index (κ2) is 6.51. The van der Waals surface area contributed by atoms with E-state index in [2.05, 4.69) is 50.3 Å². The Labute approximate surface area is 118 Å². The molecule has 1 saturated carbocycles. The average molecular weight is 260 g/mol. The maximum absolute atomic E-state index is 4.63. The highest BCUT2D eigenvalue weighted by Crippen LogP contribution is 2.38. The van der Waals surface area contributed by atoms with Crippen molar-refractivity contribution in [3.8, 4) is 0 Å². The van der Waals surface area contributed by atoms with Crippen LogP contribution >= 0.6 is 0 Å². The van der Waals surface area contributed by atoms with Crippen LogP contribution in [-0.2, 0) is 0 Å². The van der Waals surface area contributed by atoms with Gasteiger partial charge in [-0.3, -0.25) is 4.98 Å². The van der Waals surface area contributed by atoms with Gasteiger partial charge in [0.25, 0.3) is 0 Å². The minimum atomic E-state index is 0.478. The highest BCUT2D eigenvalue weighted by atomic mass is 14.9. The Kier molecular flexibility index (Phi) is 4.98. The zero-order valence-electron chi connectivity index (χ0n) is 12.9. The molecule has 1 N–H and O–H groups in total. The van der Waals surface area contributed by atoms with Crippen LogP contribution in [0.5, 0.6) is 0 Å². The van der Waals surface area contributed by atoms with Crippen LogP contribution in [0.3, 0.4) is 0 Å². The number of nitrogens with zero attached hydrogens (tertiary/aromatic N) is 1. The van der Waals surface area contributed by atoms with Crippen molar-refractivity contribution < 1.29 is 0 Å². The van der Waals surface area contributed by atoms with Crippen LogP contribution in [0, 0.1) is 25.7 Å². The second-order valence-electron chi connectivity index (χ2n) is 6.08. The van der Waals surface area contributed by atoms with Gasteiger partial charge in [-0.15, -0.1) is 0 Å². The summed E-state index contributed by atoms with van der Waals surface area (Å²) >= 11 is 0. The third-order valence-electron chi connectivity index (χ3n) is 4.85. The molecule has 0 aliphatic heterocycles. The van der Waals surface area contributed by atoms with Crippen molar-refractivity contribution in [2.24, 2.45) is 11.8 Å². The maximum atomic E-state index is 4.63. The molecule has 1 fully saturated rings. The van der Waals surface area contributed by atoms with Crippen molar-refractivity contribution in [1.29, 1.82) is 0 Å². The van der Waals surface area contributed by atoms with Crippen LogP contribution < -0.4 is 5.32 Å². The highest BCUT2D eigenvalue weighted by molar-refractivity contribution is 5.25. The van der Waals surface area contributed by atoms with Gasteiger partial charge in [-0.25, -0.2) is 0 Å². The van der Waals surface area contributed by atoms with Gasteiger partial charge >= 0.3 is 0 Å². The van der Waals surface area contributed by atoms with Gasteiger partial charge in [-0.2, -0.15) is 0 Å². The molecule has 1 aliphatic carbocycles. The summed E-state index contributed by atoms with van der Waals surface area (Å²) in [7, 11) is 2.09. The van der Waals surface area contributed by atoms with Crippen LogP contribution in [0.2, 0.25) is 0 Å². The highest BCUT2D eigenvalue weighted by Gasteiger charge is 2.28. The molecule has 1 unspecified atom stereocenters. The fraction of sp³-hybridized carbons (Fsp3) is 0.706. The largest absolute Gasteiger partial charge is 0.313 e.